The second-order valence-corrected chi connectivity index (χ2v) is 4.79. The van der Waals surface area contributed by atoms with Gasteiger partial charge >= 0.3 is 5.63 Å². The minimum atomic E-state index is -0.493. The molecule has 0 N–H and O–H groups in total. The van der Waals surface area contributed by atoms with Gasteiger partial charge < -0.3 is 9.15 Å². The van der Waals surface area contributed by atoms with Crippen molar-refractivity contribution in [2.75, 3.05) is 7.11 Å². The first-order valence-corrected chi connectivity index (χ1v) is 6.69. The maximum Gasteiger partial charge on any atom is 0.362 e. The summed E-state index contributed by atoms with van der Waals surface area (Å²) in [5.74, 6) is 0.518. The Bertz CT molecular complexity index is 1050. The van der Waals surface area contributed by atoms with E-state index in [9.17, 15) is 4.79 Å². The van der Waals surface area contributed by atoms with Gasteiger partial charge in [0, 0.05) is 5.39 Å². The third-order valence-corrected chi connectivity index (χ3v) is 3.51. The van der Waals surface area contributed by atoms with Crippen LogP contribution in [0.3, 0.4) is 0 Å². The largest absolute Gasteiger partial charge is 0.493 e. The van der Waals surface area contributed by atoms with Crippen molar-refractivity contribution in [2.24, 2.45) is 0 Å². The molecule has 0 amide bonds. The lowest BCUT2D eigenvalue weighted by Crippen LogP contribution is -2.11. The van der Waals surface area contributed by atoms with Gasteiger partial charge in [-0.15, -0.1) is 5.10 Å². The number of fused-ring (bicyclic) bond motifs is 2. The molecule has 4 rings (SSSR count). The molecule has 4 aromatic rings. The quantitative estimate of drug-likeness (QED) is 0.531. The molecule has 0 radical (unpaired) electrons. The average molecular weight is 293 g/mol. The van der Waals surface area contributed by atoms with E-state index >= 15 is 0 Å². The molecular weight excluding hydrogens is 282 g/mol. The Morgan fingerprint density at radius 1 is 1.14 bits per heavy atom. The number of aromatic nitrogens is 3. The smallest absolute Gasteiger partial charge is 0.362 e. The lowest BCUT2D eigenvalue weighted by atomic mass is 10.2. The number of hydrogen-bond acceptors (Lipinski definition) is 5. The third-order valence-electron chi connectivity index (χ3n) is 3.51. The molecule has 6 nitrogen and oxygen atoms in total. The fourth-order valence-electron chi connectivity index (χ4n) is 2.46. The monoisotopic (exact) mass is 293 g/mol. The average Bonchev–Trinajstić information content (AvgIpc) is 2.97. The number of benzene rings is 2. The zero-order valence-corrected chi connectivity index (χ0v) is 11.7. The van der Waals surface area contributed by atoms with Gasteiger partial charge in [0.05, 0.1) is 12.6 Å². The van der Waals surface area contributed by atoms with E-state index in [2.05, 4.69) is 10.3 Å². The minimum absolute atomic E-state index is 0.314. The third kappa shape index (κ3) is 1.77. The second-order valence-electron chi connectivity index (χ2n) is 4.79. The number of rotatable bonds is 2. The van der Waals surface area contributed by atoms with Gasteiger partial charge in [0.15, 0.2) is 17.0 Å². The molecule has 0 aliphatic heterocycles. The lowest BCUT2D eigenvalue weighted by molar-refractivity contribution is 0.406. The number of nitrogens with zero attached hydrogens (tertiary/aromatic N) is 3. The molecule has 108 valence electrons. The van der Waals surface area contributed by atoms with Crippen LogP contribution >= 0.6 is 0 Å². The van der Waals surface area contributed by atoms with Gasteiger partial charge in [0.25, 0.3) is 0 Å². The number of hydrogen-bond donors (Lipinski definition) is 0. The zero-order chi connectivity index (χ0) is 15.1. The number of ether oxygens (including phenoxy) is 1. The first kappa shape index (κ1) is 12.6. The van der Waals surface area contributed by atoms with Crippen molar-refractivity contribution in [1.82, 2.24) is 15.0 Å². The molecule has 0 saturated carbocycles. The van der Waals surface area contributed by atoms with Crippen molar-refractivity contribution >= 4 is 22.0 Å². The molecule has 0 unspecified atom stereocenters. The van der Waals surface area contributed by atoms with Crippen LogP contribution in [0.4, 0.5) is 0 Å². The van der Waals surface area contributed by atoms with Gasteiger partial charge in [0.2, 0.25) is 0 Å². The molecule has 0 atom stereocenters. The molecule has 0 fully saturated rings. The molecule has 22 heavy (non-hydrogen) atoms. The SMILES string of the molecule is COc1cccc2cc(-n3nnc4ccccc43)c(=O)oc12. The highest BCUT2D eigenvalue weighted by Gasteiger charge is 2.14. The van der Waals surface area contributed by atoms with E-state index in [1.165, 1.54) is 11.8 Å². The Hall–Kier alpha value is -3.15. The van der Waals surface area contributed by atoms with E-state index in [0.717, 1.165) is 10.9 Å². The highest BCUT2D eigenvalue weighted by Crippen LogP contribution is 2.25. The fourth-order valence-corrected chi connectivity index (χ4v) is 2.46. The Balaban J connectivity index is 2.03. The van der Waals surface area contributed by atoms with Crippen molar-refractivity contribution < 1.29 is 9.15 Å². The Labute approximate surface area is 124 Å². The lowest BCUT2D eigenvalue weighted by Gasteiger charge is -2.06. The van der Waals surface area contributed by atoms with Gasteiger partial charge in [-0.3, -0.25) is 0 Å². The number of para-hydroxylation sites is 2. The van der Waals surface area contributed by atoms with E-state index in [-0.39, 0.29) is 0 Å². The normalized spacial score (nSPS) is 11.1. The van der Waals surface area contributed by atoms with Crippen molar-refractivity contribution in [3.8, 4) is 11.4 Å². The van der Waals surface area contributed by atoms with Crippen LogP contribution in [0.5, 0.6) is 5.75 Å². The topological polar surface area (TPSA) is 70.2 Å². The van der Waals surface area contributed by atoms with E-state index < -0.39 is 5.63 Å². The zero-order valence-electron chi connectivity index (χ0n) is 11.7. The molecule has 0 aliphatic carbocycles. The summed E-state index contributed by atoms with van der Waals surface area (Å²) in [6.07, 6.45) is 0. The summed E-state index contributed by atoms with van der Waals surface area (Å²) in [6.45, 7) is 0. The molecule has 0 aliphatic rings. The molecule has 2 heterocycles. The minimum Gasteiger partial charge on any atom is -0.493 e. The molecule has 0 saturated heterocycles. The maximum absolute atomic E-state index is 12.3. The molecule has 2 aromatic carbocycles. The van der Waals surface area contributed by atoms with E-state index in [4.69, 9.17) is 9.15 Å². The standard InChI is InChI=1S/C16H11N3O3/c1-21-14-8-4-5-10-9-13(16(20)22-15(10)14)19-12-7-3-2-6-11(12)17-18-19/h2-9H,1H3. The van der Waals surface area contributed by atoms with E-state index in [1.54, 1.807) is 12.1 Å². The van der Waals surface area contributed by atoms with Gasteiger partial charge in [-0.1, -0.05) is 29.5 Å². The molecular formula is C16H11N3O3. The van der Waals surface area contributed by atoms with Crippen LogP contribution in [-0.4, -0.2) is 22.1 Å². The highest BCUT2D eigenvalue weighted by molar-refractivity contribution is 5.84. The van der Waals surface area contributed by atoms with E-state index in [0.29, 0.717) is 22.5 Å². The molecule has 0 spiro atoms. The fraction of sp³-hybridized carbons (Fsp3) is 0.0625. The van der Waals surface area contributed by atoms with Crippen molar-refractivity contribution in [2.45, 2.75) is 0 Å². The number of methoxy groups -OCH3 is 1. The first-order valence-electron chi connectivity index (χ1n) is 6.69. The van der Waals surface area contributed by atoms with Crippen molar-refractivity contribution in [3.05, 3.63) is 59.0 Å². The Morgan fingerprint density at radius 3 is 2.86 bits per heavy atom. The van der Waals surface area contributed by atoms with Gasteiger partial charge in [0.1, 0.15) is 5.52 Å². The predicted octanol–water partition coefficient (Wildman–Crippen LogP) is 2.54. The van der Waals surface area contributed by atoms with Gasteiger partial charge in [-0.05, 0) is 24.3 Å². The second kappa shape index (κ2) is 4.70. The summed E-state index contributed by atoms with van der Waals surface area (Å²) in [4.78, 5) is 12.3. The van der Waals surface area contributed by atoms with Crippen LogP contribution < -0.4 is 10.4 Å². The summed E-state index contributed by atoms with van der Waals surface area (Å²) >= 11 is 0. The van der Waals surface area contributed by atoms with Crippen LogP contribution in [0.25, 0.3) is 27.7 Å². The summed E-state index contributed by atoms with van der Waals surface area (Å²) in [6, 6.07) is 14.6. The Kier molecular flexibility index (Phi) is 2.69. The van der Waals surface area contributed by atoms with E-state index in [1.807, 2.05) is 36.4 Å². The van der Waals surface area contributed by atoms with Crippen LogP contribution in [0, 0.1) is 0 Å². The van der Waals surface area contributed by atoms with Crippen LogP contribution in [0.1, 0.15) is 0 Å². The summed E-state index contributed by atoms with van der Waals surface area (Å²) in [5.41, 5.74) is 1.70. The van der Waals surface area contributed by atoms with Crippen molar-refractivity contribution in [3.63, 3.8) is 0 Å². The predicted molar refractivity (Wildman–Crippen MR) is 81.5 cm³/mol. The summed E-state index contributed by atoms with van der Waals surface area (Å²) in [7, 11) is 1.54. The van der Waals surface area contributed by atoms with Crippen LogP contribution in [0.2, 0.25) is 0 Å². The molecule has 0 bridgehead atoms. The van der Waals surface area contributed by atoms with Crippen LogP contribution in [0.15, 0.2) is 57.7 Å². The Morgan fingerprint density at radius 2 is 2.00 bits per heavy atom. The summed E-state index contributed by atoms with van der Waals surface area (Å²) in [5, 5.41) is 8.87. The first-order chi connectivity index (χ1) is 10.8. The van der Waals surface area contributed by atoms with Crippen LogP contribution in [-0.2, 0) is 0 Å². The van der Waals surface area contributed by atoms with Gasteiger partial charge in [-0.2, -0.15) is 0 Å². The maximum atomic E-state index is 12.3. The molecule has 6 heteroatoms. The van der Waals surface area contributed by atoms with Crippen molar-refractivity contribution in [1.29, 1.82) is 0 Å². The molecule has 2 aromatic heterocycles. The van der Waals surface area contributed by atoms with Gasteiger partial charge in [-0.25, -0.2) is 9.48 Å². The highest BCUT2D eigenvalue weighted by atomic mass is 16.5. The summed E-state index contributed by atoms with van der Waals surface area (Å²) < 4.78 is 12.1.